The summed E-state index contributed by atoms with van der Waals surface area (Å²) in [6.45, 7) is 7.13. The van der Waals surface area contributed by atoms with Crippen LogP contribution in [0.3, 0.4) is 0 Å². The first-order valence-corrected chi connectivity index (χ1v) is 7.37. The lowest BCUT2D eigenvalue weighted by atomic mass is 9.91. The zero-order valence-electron chi connectivity index (χ0n) is 10.1. The molecular weight excluding hydrogens is 188 g/mol. The van der Waals surface area contributed by atoms with Gasteiger partial charge in [0.25, 0.3) is 0 Å². The van der Waals surface area contributed by atoms with E-state index in [1.54, 1.807) is 0 Å². The Bertz CT molecular complexity index is 151. The van der Waals surface area contributed by atoms with Crippen molar-refractivity contribution in [1.29, 1.82) is 0 Å². The standard InChI is InChI=1S/C13H26S/c1-4-5-6-9-14-11-12-7-8-13(2,3)10-12/h12H,4-11H2,1-3H3. The highest BCUT2D eigenvalue weighted by Crippen LogP contribution is 2.42. The van der Waals surface area contributed by atoms with Crippen LogP contribution in [0.1, 0.15) is 59.3 Å². The molecule has 0 aromatic heterocycles. The molecule has 84 valence electrons. The molecule has 0 spiro atoms. The molecule has 0 heterocycles. The predicted molar refractivity (Wildman–Crippen MR) is 68.0 cm³/mol. The van der Waals surface area contributed by atoms with Gasteiger partial charge in [0.2, 0.25) is 0 Å². The zero-order valence-corrected chi connectivity index (χ0v) is 11.0. The van der Waals surface area contributed by atoms with Gasteiger partial charge in [0.05, 0.1) is 0 Å². The lowest BCUT2D eigenvalue weighted by Gasteiger charge is -2.16. The summed E-state index contributed by atoms with van der Waals surface area (Å²) in [5, 5.41) is 0. The van der Waals surface area contributed by atoms with Crippen molar-refractivity contribution in [3.8, 4) is 0 Å². The summed E-state index contributed by atoms with van der Waals surface area (Å²) in [6, 6.07) is 0. The first-order valence-electron chi connectivity index (χ1n) is 6.22. The Morgan fingerprint density at radius 2 is 2.07 bits per heavy atom. The van der Waals surface area contributed by atoms with Crippen LogP contribution in [-0.2, 0) is 0 Å². The minimum atomic E-state index is 0.647. The molecule has 14 heavy (non-hydrogen) atoms. The maximum absolute atomic E-state index is 2.43. The fourth-order valence-electron chi connectivity index (χ4n) is 2.43. The smallest absolute Gasteiger partial charge is 0.00389 e. The summed E-state index contributed by atoms with van der Waals surface area (Å²) < 4.78 is 0. The van der Waals surface area contributed by atoms with Crippen molar-refractivity contribution in [3.63, 3.8) is 0 Å². The number of thioether (sulfide) groups is 1. The molecule has 1 rings (SSSR count). The second kappa shape index (κ2) is 6.05. The van der Waals surface area contributed by atoms with Crippen LogP contribution in [0.4, 0.5) is 0 Å². The fourth-order valence-corrected chi connectivity index (χ4v) is 3.62. The van der Waals surface area contributed by atoms with E-state index in [0.717, 1.165) is 5.92 Å². The van der Waals surface area contributed by atoms with Crippen molar-refractivity contribution < 1.29 is 0 Å². The summed E-state index contributed by atoms with van der Waals surface area (Å²) in [5.41, 5.74) is 0.647. The molecule has 0 aliphatic heterocycles. The van der Waals surface area contributed by atoms with E-state index >= 15 is 0 Å². The van der Waals surface area contributed by atoms with Crippen LogP contribution in [0, 0.1) is 11.3 Å². The molecule has 0 N–H and O–H groups in total. The first kappa shape index (κ1) is 12.4. The van der Waals surface area contributed by atoms with E-state index < -0.39 is 0 Å². The molecule has 1 fully saturated rings. The lowest BCUT2D eigenvalue weighted by molar-refractivity contribution is 0.368. The molecule has 0 aromatic rings. The van der Waals surface area contributed by atoms with E-state index in [9.17, 15) is 0 Å². The van der Waals surface area contributed by atoms with E-state index in [1.165, 1.54) is 50.0 Å². The molecule has 1 atom stereocenters. The summed E-state index contributed by atoms with van der Waals surface area (Å²) in [5.74, 6) is 3.84. The molecular formula is C13H26S. The van der Waals surface area contributed by atoms with Gasteiger partial charge in [-0.2, -0.15) is 11.8 Å². The van der Waals surface area contributed by atoms with Gasteiger partial charge < -0.3 is 0 Å². The number of hydrogen-bond donors (Lipinski definition) is 0. The van der Waals surface area contributed by atoms with Crippen LogP contribution in [-0.4, -0.2) is 11.5 Å². The van der Waals surface area contributed by atoms with Gasteiger partial charge in [-0.25, -0.2) is 0 Å². The fraction of sp³-hybridized carbons (Fsp3) is 1.00. The lowest BCUT2D eigenvalue weighted by Crippen LogP contribution is -2.06. The molecule has 0 aromatic carbocycles. The van der Waals surface area contributed by atoms with Crippen molar-refractivity contribution in [2.75, 3.05) is 11.5 Å². The minimum absolute atomic E-state index is 0.647. The summed E-state index contributed by atoms with van der Waals surface area (Å²) in [6.07, 6.45) is 8.60. The third-order valence-corrected chi connectivity index (χ3v) is 4.60. The van der Waals surface area contributed by atoms with Crippen LogP contribution in [0.25, 0.3) is 0 Å². The van der Waals surface area contributed by atoms with Crippen LogP contribution in [0.15, 0.2) is 0 Å². The van der Waals surface area contributed by atoms with Gasteiger partial charge in [-0.05, 0) is 48.5 Å². The molecule has 1 aliphatic carbocycles. The van der Waals surface area contributed by atoms with E-state index in [0.29, 0.717) is 5.41 Å². The van der Waals surface area contributed by atoms with E-state index in [2.05, 4.69) is 32.5 Å². The Morgan fingerprint density at radius 3 is 2.64 bits per heavy atom. The van der Waals surface area contributed by atoms with Crippen molar-refractivity contribution in [1.82, 2.24) is 0 Å². The van der Waals surface area contributed by atoms with Gasteiger partial charge in [0.15, 0.2) is 0 Å². The maximum atomic E-state index is 2.43. The largest absolute Gasteiger partial charge is 0.162 e. The SMILES string of the molecule is CCCCCSCC1CCC(C)(C)C1. The molecule has 1 unspecified atom stereocenters. The monoisotopic (exact) mass is 214 g/mol. The molecule has 1 saturated carbocycles. The molecule has 0 bridgehead atoms. The summed E-state index contributed by atoms with van der Waals surface area (Å²) >= 11 is 2.19. The third kappa shape index (κ3) is 4.72. The average Bonchev–Trinajstić information content (AvgIpc) is 2.45. The van der Waals surface area contributed by atoms with Crippen LogP contribution < -0.4 is 0 Å². The molecule has 0 nitrogen and oxygen atoms in total. The molecule has 1 heteroatoms. The van der Waals surface area contributed by atoms with Crippen LogP contribution in [0.2, 0.25) is 0 Å². The number of unbranched alkanes of at least 4 members (excludes halogenated alkanes) is 2. The molecule has 0 saturated heterocycles. The molecule has 0 amide bonds. The predicted octanol–water partition coefficient (Wildman–Crippen LogP) is 4.74. The van der Waals surface area contributed by atoms with Gasteiger partial charge in [0.1, 0.15) is 0 Å². The minimum Gasteiger partial charge on any atom is -0.162 e. The van der Waals surface area contributed by atoms with Crippen molar-refractivity contribution >= 4 is 11.8 Å². The summed E-state index contributed by atoms with van der Waals surface area (Å²) in [7, 11) is 0. The molecule has 0 radical (unpaired) electrons. The Kier molecular flexibility index (Phi) is 5.36. The highest BCUT2D eigenvalue weighted by molar-refractivity contribution is 7.99. The van der Waals surface area contributed by atoms with Gasteiger partial charge in [-0.15, -0.1) is 0 Å². The van der Waals surface area contributed by atoms with Crippen molar-refractivity contribution in [3.05, 3.63) is 0 Å². The van der Waals surface area contributed by atoms with E-state index in [1.807, 2.05) is 0 Å². The van der Waals surface area contributed by atoms with Gasteiger partial charge >= 0.3 is 0 Å². The molecule has 1 aliphatic rings. The highest BCUT2D eigenvalue weighted by atomic mass is 32.2. The normalized spacial score (nSPS) is 25.5. The Labute approximate surface area is 94.2 Å². The number of hydrogen-bond acceptors (Lipinski definition) is 1. The van der Waals surface area contributed by atoms with Gasteiger partial charge in [0, 0.05) is 0 Å². The topological polar surface area (TPSA) is 0 Å². The summed E-state index contributed by atoms with van der Waals surface area (Å²) in [4.78, 5) is 0. The highest BCUT2D eigenvalue weighted by Gasteiger charge is 2.30. The Morgan fingerprint density at radius 1 is 1.29 bits per heavy atom. The zero-order chi connectivity index (χ0) is 10.4. The second-order valence-electron chi connectivity index (χ2n) is 5.56. The van der Waals surface area contributed by atoms with E-state index in [4.69, 9.17) is 0 Å². The first-order chi connectivity index (χ1) is 6.64. The Hall–Kier alpha value is 0.350. The van der Waals surface area contributed by atoms with Crippen LogP contribution >= 0.6 is 11.8 Å². The van der Waals surface area contributed by atoms with Crippen molar-refractivity contribution in [2.45, 2.75) is 59.3 Å². The van der Waals surface area contributed by atoms with E-state index in [-0.39, 0.29) is 0 Å². The Balaban J connectivity index is 1.98. The van der Waals surface area contributed by atoms with Gasteiger partial charge in [-0.1, -0.05) is 33.6 Å². The quantitative estimate of drug-likeness (QED) is 0.576. The average molecular weight is 214 g/mol. The number of rotatable bonds is 6. The third-order valence-electron chi connectivity index (χ3n) is 3.32. The second-order valence-corrected chi connectivity index (χ2v) is 6.70. The maximum Gasteiger partial charge on any atom is -0.00389 e. The van der Waals surface area contributed by atoms with Crippen LogP contribution in [0.5, 0.6) is 0 Å². The van der Waals surface area contributed by atoms with Gasteiger partial charge in [-0.3, -0.25) is 0 Å². The van der Waals surface area contributed by atoms with Crippen molar-refractivity contribution in [2.24, 2.45) is 11.3 Å².